The van der Waals surface area contributed by atoms with Crippen molar-refractivity contribution < 1.29 is 47.0 Å². The minimum absolute atomic E-state index is 0.122. The van der Waals surface area contributed by atoms with Gasteiger partial charge in [0.2, 0.25) is 0 Å². The molecule has 9 nitrogen and oxygen atoms in total. The highest BCUT2D eigenvalue weighted by Gasteiger charge is 2.55. The number of aliphatic hydroxyl groups is 2. The monoisotopic (exact) mass is 627 g/mol. The molecule has 0 saturated heterocycles. The van der Waals surface area contributed by atoms with E-state index in [-0.39, 0.29) is 34.6 Å². The Hall–Kier alpha value is -1.38. The minimum atomic E-state index is -5.21. The van der Waals surface area contributed by atoms with Crippen LogP contribution in [0.15, 0.2) is 24.3 Å². The van der Waals surface area contributed by atoms with E-state index in [1.807, 2.05) is 0 Å². The highest BCUT2D eigenvalue weighted by Crippen LogP contribution is 2.67. The third-order valence-corrected chi connectivity index (χ3v) is 9.62. The Balaban J connectivity index is 2.20. The highest BCUT2D eigenvalue weighted by atomic mass is 32.2. The van der Waals surface area contributed by atoms with E-state index in [4.69, 9.17) is 14.8 Å². The number of hydrogen-bond donors (Lipinski definition) is 3. The Morgan fingerprint density at radius 1 is 0.949 bits per heavy atom. The molecule has 1 heterocycles. The molecular formula is C24H32F2NO8PS3. The fourth-order valence-corrected chi connectivity index (χ4v) is 7.50. The van der Waals surface area contributed by atoms with Crippen molar-refractivity contribution in [2.24, 2.45) is 5.73 Å². The average molecular weight is 628 g/mol. The van der Waals surface area contributed by atoms with Crippen LogP contribution in [0, 0.1) is 0 Å². The van der Waals surface area contributed by atoms with E-state index in [9.17, 15) is 29.2 Å². The molecule has 0 bridgehead atoms. The van der Waals surface area contributed by atoms with Gasteiger partial charge in [-0.25, -0.2) is 0 Å². The number of halogens is 2. The smallest absolute Gasteiger partial charge is 0.390 e. The zero-order valence-electron chi connectivity index (χ0n) is 21.9. The number of rotatable bonds is 15. The van der Waals surface area contributed by atoms with E-state index in [0.717, 1.165) is 47.0 Å². The van der Waals surface area contributed by atoms with Crippen molar-refractivity contribution in [3.8, 4) is 0 Å². The van der Waals surface area contributed by atoms with Crippen LogP contribution < -0.4 is 5.73 Å². The van der Waals surface area contributed by atoms with E-state index in [0.29, 0.717) is 4.70 Å². The SMILES string of the molecule is CC(C)(O)CC(=O)SCCOP(=O)(OCCSC(=O)CC(C)(C)O)C(F)(F)c1ccc2sc(C(N)=O)cc2c1. The summed E-state index contributed by atoms with van der Waals surface area (Å²) in [5, 5.41) is 19.0. The molecule has 1 aromatic carbocycles. The molecule has 39 heavy (non-hydrogen) atoms. The first-order chi connectivity index (χ1) is 17.8. The summed E-state index contributed by atoms with van der Waals surface area (Å²) in [5.74, 6) is -0.958. The lowest BCUT2D eigenvalue weighted by molar-refractivity contribution is -0.115. The van der Waals surface area contributed by atoms with Gasteiger partial charge in [-0.2, -0.15) is 8.78 Å². The predicted octanol–water partition coefficient (Wildman–Crippen LogP) is 5.12. The molecule has 0 radical (unpaired) electrons. The van der Waals surface area contributed by atoms with E-state index in [1.54, 1.807) is 0 Å². The van der Waals surface area contributed by atoms with Gasteiger partial charge in [0.05, 0.1) is 29.3 Å². The molecule has 2 rings (SSSR count). The number of thioether (sulfide) groups is 2. The predicted molar refractivity (Wildman–Crippen MR) is 151 cm³/mol. The largest absolute Gasteiger partial charge is 0.404 e. The molecule has 0 aliphatic heterocycles. The third-order valence-electron chi connectivity index (χ3n) is 4.82. The van der Waals surface area contributed by atoms with E-state index < -0.39 is 59.4 Å². The number of hydrogen-bond acceptors (Lipinski definition) is 11. The number of carbonyl (C=O) groups is 3. The first kappa shape index (κ1) is 33.8. The van der Waals surface area contributed by atoms with Crippen LogP contribution in [0.2, 0.25) is 0 Å². The number of primary amides is 1. The van der Waals surface area contributed by atoms with E-state index in [1.165, 1.54) is 39.8 Å². The molecule has 4 N–H and O–H groups in total. The molecule has 1 amide bonds. The Labute approximate surface area is 237 Å². The second kappa shape index (κ2) is 13.5. The maximum absolute atomic E-state index is 15.7. The number of fused-ring (bicyclic) bond motifs is 1. The maximum atomic E-state index is 15.7. The normalized spacial score (nSPS) is 13.1. The summed E-state index contributed by atoms with van der Waals surface area (Å²) in [6, 6.07) is 4.81. The second-order valence-corrected chi connectivity index (χ2v) is 15.3. The number of nitrogens with two attached hydrogens (primary N) is 1. The van der Waals surface area contributed by atoms with Crippen molar-refractivity contribution in [3.05, 3.63) is 34.7 Å². The van der Waals surface area contributed by atoms with Crippen molar-refractivity contribution in [2.45, 2.75) is 57.4 Å². The Morgan fingerprint density at radius 2 is 1.44 bits per heavy atom. The van der Waals surface area contributed by atoms with Crippen LogP contribution >= 0.6 is 42.5 Å². The molecule has 0 fully saturated rings. The van der Waals surface area contributed by atoms with Crippen LogP contribution in [0.5, 0.6) is 0 Å². The first-order valence-corrected chi connectivity index (χ1v) is 16.0. The zero-order valence-corrected chi connectivity index (χ0v) is 25.2. The molecule has 0 spiro atoms. The summed E-state index contributed by atoms with van der Waals surface area (Å²) >= 11 is 2.49. The van der Waals surface area contributed by atoms with Gasteiger partial charge < -0.3 is 25.0 Å². The first-order valence-electron chi connectivity index (χ1n) is 11.7. The minimum Gasteiger partial charge on any atom is -0.390 e. The highest BCUT2D eigenvalue weighted by molar-refractivity contribution is 8.13. The van der Waals surface area contributed by atoms with Crippen molar-refractivity contribution in [2.75, 3.05) is 24.7 Å². The fraction of sp³-hybridized carbons (Fsp3) is 0.542. The van der Waals surface area contributed by atoms with Gasteiger partial charge >= 0.3 is 13.3 Å². The zero-order chi connectivity index (χ0) is 29.6. The molecule has 1 aromatic heterocycles. The molecule has 2 aromatic rings. The van der Waals surface area contributed by atoms with Gasteiger partial charge in [0.25, 0.3) is 5.91 Å². The van der Waals surface area contributed by atoms with Crippen molar-refractivity contribution in [1.29, 1.82) is 0 Å². The van der Waals surface area contributed by atoms with E-state index >= 15 is 8.78 Å². The number of alkyl halides is 2. The summed E-state index contributed by atoms with van der Waals surface area (Å²) in [7, 11) is -5.21. The Bertz CT molecular complexity index is 1200. The molecule has 15 heteroatoms. The number of carbonyl (C=O) groups excluding carboxylic acids is 3. The summed E-state index contributed by atoms with van der Waals surface area (Å²) in [5.41, 5.74) is -2.02. The quantitative estimate of drug-likeness (QED) is 0.179. The average Bonchev–Trinajstić information content (AvgIpc) is 3.21. The molecule has 0 unspecified atom stereocenters. The summed E-state index contributed by atoms with van der Waals surface area (Å²) in [4.78, 5) is 35.6. The Kier molecular flexibility index (Phi) is 11.7. The fourth-order valence-electron chi connectivity index (χ4n) is 3.14. The summed E-state index contributed by atoms with van der Waals surface area (Å²) in [6.07, 6.45) is -0.350. The van der Waals surface area contributed by atoms with Crippen LogP contribution in [0.4, 0.5) is 8.78 Å². The molecule has 0 aliphatic rings. The lowest BCUT2D eigenvalue weighted by Crippen LogP contribution is -2.23. The van der Waals surface area contributed by atoms with Gasteiger partial charge in [-0.15, -0.1) is 11.3 Å². The lowest BCUT2D eigenvalue weighted by Gasteiger charge is -2.27. The topological polar surface area (TPSA) is 153 Å². The standard InChI is InChI=1S/C24H32F2NO8PS3/c1-22(2,31)13-19(28)37-9-7-34-36(33,35-8-10-38-20(29)14-23(3,4)32)24(25,26)16-5-6-17-15(11-16)12-18(39-17)21(27)30/h5-6,11-12,31-32H,7-10,13-14H2,1-4H3,(H2,27,30). The van der Waals surface area contributed by atoms with Crippen LogP contribution in [0.1, 0.15) is 55.8 Å². The summed E-state index contributed by atoms with van der Waals surface area (Å²) in [6.45, 7) is 4.76. The van der Waals surface area contributed by atoms with Gasteiger partial charge in [-0.1, -0.05) is 29.6 Å². The number of amides is 1. The third kappa shape index (κ3) is 10.5. The van der Waals surface area contributed by atoms with Gasteiger partial charge in [0.1, 0.15) is 0 Å². The van der Waals surface area contributed by atoms with E-state index in [2.05, 4.69) is 0 Å². The van der Waals surface area contributed by atoms with Gasteiger partial charge in [-0.05, 0) is 51.3 Å². The molecule has 0 aliphatic carbocycles. The van der Waals surface area contributed by atoms with Crippen molar-refractivity contribution in [3.63, 3.8) is 0 Å². The van der Waals surface area contributed by atoms with Crippen LogP contribution in [-0.4, -0.2) is 62.3 Å². The van der Waals surface area contributed by atoms with Crippen LogP contribution in [0.25, 0.3) is 10.1 Å². The van der Waals surface area contributed by atoms with Gasteiger partial charge in [0.15, 0.2) is 10.2 Å². The van der Waals surface area contributed by atoms with Crippen LogP contribution in [-0.2, 0) is 28.9 Å². The van der Waals surface area contributed by atoms with Crippen molar-refractivity contribution >= 4 is 68.7 Å². The Morgan fingerprint density at radius 3 is 1.87 bits per heavy atom. The lowest BCUT2D eigenvalue weighted by atomic mass is 10.1. The maximum Gasteiger partial charge on any atom is 0.404 e. The molecular weight excluding hydrogens is 595 g/mol. The number of thiophene rings is 1. The summed E-state index contributed by atoms with van der Waals surface area (Å²) < 4.78 is 55.6. The van der Waals surface area contributed by atoms with Crippen molar-refractivity contribution in [1.82, 2.24) is 0 Å². The molecule has 218 valence electrons. The second-order valence-electron chi connectivity index (χ2n) is 9.85. The molecule has 0 saturated carbocycles. The van der Waals surface area contributed by atoms with Crippen LogP contribution in [0.3, 0.4) is 0 Å². The number of benzene rings is 1. The molecule has 0 atom stereocenters. The van der Waals surface area contributed by atoms with Gasteiger partial charge in [-0.3, -0.25) is 18.9 Å². The van der Waals surface area contributed by atoms with Gasteiger partial charge in [0, 0.05) is 34.6 Å².